The molecule has 1 unspecified atom stereocenters. The van der Waals surface area contributed by atoms with Crippen LogP contribution >= 0.6 is 23.2 Å². The predicted molar refractivity (Wildman–Crippen MR) is 118 cm³/mol. The molecule has 0 radical (unpaired) electrons. The monoisotopic (exact) mass is 478 g/mol. The van der Waals surface area contributed by atoms with Gasteiger partial charge in [0.1, 0.15) is 11.9 Å². The molecule has 5 nitrogen and oxygen atoms in total. The number of sulfonamides is 1. The third kappa shape index (κ3) is 4.45. The third-order valence-electron chi connectivity index (χ3n) is 5.11. The van der Waals surface area contributed by atoms with Gasteiger partial charge in [0.25, 0.3) is 0 Å². The molecule has 3 aromatic carbocycles. The van der Waals surface area contributed by atoms with Crippen molar-refractivity contribution in [2.75, 3.05) is 5.32 Å². The lowest BCUT2D eigenvalue weighted by Crippen LogP contribution is -2.50. The Morgan fingerprint density at radius 1 is 1.00 bits per heavy atom. The first-order chi connectivity index (χ1) is 14.8. The van der Waals surface area contributed by atoms with Gasteiger partial charge in [-0.2, -0.15) is 4.31 Å². The molecule has 31 heavy (non-hydrogen) atoms. The van der Waals surface area contributed by atoms with Gasteiger partial charge in [-0.15, -0.1) is 0 Å². The Labute approximate surface area is 189 Å². The Morgan fingerprint density at radius 3 is 2.39 bits per heavy atom. The molecule has 1 amide bonds. The molecule has 1 atom stereocenters. The van der Waals surface area contributed by atoms with Gasteiger partial charge in [0.05, 0.1) is 15.6 Å². The number of hydrogen-bond acceptors (Lipinski definition) is 3. The first-order valence-electron chi connectivity index (χ1n) is 9.36. The molecule has 1 aliphatic heterocycles. The molecule has 0 bridgehead atoms. The Bertz CT molecular complexity index is 1250. The van der Waals surface area contributed by atoms with Crippen LogP contribution in [0.2, 0.25) is 10.0 Å². The smallest absolute Gasteiger partial charge is 0.244 e. The molecule has 0 saturated heterocycles. The fraction of sp³-hybridized carbons (Fsp3) is 0.136. The molecular formula is C22H17Cl2FN2O3S. The molecule has 0 fully saturated rings. The predicted octanol–water partition coefficient (Wildman–Crippen LogP) is 4.89. The number of rotatable bonds is 4. The Morgan fingerprint density at radius 2 is 1.68 bits per heavy atom. The molecule has 9 heteroatoms. The molecule has 1 heterocycles. The van der Waals surface area contributed by atoms with Crippen molar-refractivity contribution in [3.05, 3.63) is 93.7 Å². The van der Waals surface area contributed by atoms with Crippen molar-refractivity contribution in [2.45, 2.75) is 23.9 Å². The van der Waals surface area contributed by atoms with E-state index in [1.165, 1.54) is 18.2 Å². The number of halogens is 3. The van der Waals surface area contributed by atoms with Crippen molar-refractivity contribution in [1.82, 2.24) is 4.31 Å². The molecule has 1 aliphatic rings. The highest BCUT2D eigenvalue weighted by atomic mass is 35.5. The van der Waals surface area contributed by atoms with Crippen LogP contribution in [0.15, 0.2) is 71.6 Å². The summed E-state index contributed by atoms with van der Waals surface area (Å²) in [6.07, 6.45) is 0.181. The number of nitrogens with zero attached hydrogens (tertiary/aromatic N) is 1. The summed E-state index contributed by atoms with van der Waals surface area (Å²) in [5.41, 5.74) is 1.97. The van der Waals surface area contributed by atoms with E-state index in [4.69, 9.17) is 23.2 Å². The summed E-state index contributed by atoms with van der Waals surface area (Å²) >= 11 is 12.2. The molecule has 4 rings (SSSR count). The van der Waals surface area contributed by atoms with Crippen LogP contribution in [0.25, 0.3) is 0 Å². The highest BCUT2D eigenvalue weighted by molar-refractivity contribution is 7.89. The van der Waals surface area contributed by atoms with Crippen LogP contribution in [0.1, 0.15) is 11.1 Å². The first kappa shape index (κ1) is 21.8. The SMILES string of the molecule is O=C(Nc1cc(Cl)ccc1Cl)C1Cc2ccccc2CN1S(=O)(=O)c1ccc(F)cc1. The highest BCUT2D eigenvalue weighted by Gasteiger charge is 2.39. The van der Waals surface area contributed by atoms with Gasteiger partial charge in [-0.3, -0.25) is 4.79 Å². The molecule has 1 N–H and O–H groups in total. The molecular weight excluding hydrogens is 462 g/mol. The van der Waals surface area contributed by atoms with Crippen LogP contribution in [-0.4, -0.2) is 24.7 Å². The van der Waals surface area contributed by atoms with Crippen molar-refractivity contribution >= 4 is 44.8 Å². The maximum Gasteiger partial charge on any atom is 0.244 e. The number of fused-ring (bicyclic) bond motifs is 1. The van der Waals surface area contributed by atoms with Gasteiger partial charge < -0.3 is 5.32 Å². The summed E-state index contributed by atoms with van der Waals surface area (Å²) < 4.78 is 41.2. The summed E-state index contributed by atoms with van der Waals surface area (Å²) in [5.74, 6) is -1.09. The second-order valence-corrected chi connectivity index (χ2v) is 9.84. The van der Waals surface area contributed by atoms with E-state index in [1.54, 1.807) is 12.1 Å². The largest absolute Gasteiger partial charge is 0.323 e. The number of benzene rings is 3. The van der Waals surface area contributed by atoms with Gasteiger partial charge in [-0.1, -0.05) is 47.5 Å². The van der Waals surface area contributed by atoms with Crippen molar-refractivity contribution in [3.8, 4) is 0 Å². The Kier molecular flexibility index (Phi) is 6.03. The first-order valence-corrected chi connectivity index (χ1v) is 11.6. The maximum atomic E-state index is 13.4. The minimum absolute atomic E-state index is 0.0112. The van der Waals surface area contributed by atoms with E-state index in [1.807, 2.05) is 24.3 Å². The fourth-order valence-corrected chi connectivity index (χ4v) is 5.43. The minimum atomic E-state index is -4.08. The summed E-state index contributed by atoms with van der Waals surface area (Å²) in [6, 6.07) is 15.5. The van der Waals surface area contributed by atoms with E-state index in [0.29, 0.717) is 5.02 Å². The normalized spacial score (nSPS) is 16.5. The van der Waals surface area contributed by atoms with Crippen molar-refractivity contribution in [3.63, 3.8) is 0 Å². The lowest BCUT2D eigenvalue weighted by molar-refractivity contribution is -0.120. The zero-order valence-electron chi connectivity index (χ0n) is 16.1. The van der Waals surface area contributed by atoms with E-state index in [2.05, 4.69) is 5.32 Å². The fourth-order valence-electron chi connectivity index (χ4n) is 3.53. The second-order valence-electron chi connectivity index (χ2n) is 7.11. The minimum Gasteiger partial charge on any atom is -0.323 e. The van der Waals surface area contributed by atoms with Gasteiger partial charge in [-0.25, -0.2) is 12.8 Å². The van der Waals surface area contributed by atoms with E-state index in [0.717, 1.165) is 27.6 Å². The van der Waals surface area contributed by atoms with Crippen molar-refractivity contribution in [1.29, 1.82) is 0 Å². The zero-order valence-corrected chi connectivity index (χ0v) is 18.4. The number of amides is 1. The van der Waals surface area contributed by atoms with E-state index >= 15 is 0 Å². The molecule has 0 saturated carbocycles. The van der Waals surface area contributed by atoms with E-state index < -0.39 is 27.8 Å². The quantitative estimate of drug-likeness (QED) is 0.580. The Hall–Kier alpha value is -2.45. The number of carbonyl (C=O) groups is 1. The molecule has 0 spiro atoms. The average Bonchev–Trinajstić information content (AvgIpc) is 2.75. The van der Waals surface area contributed by atoms with Crippen LogP contribution < -0.4 is 5.32 Å². The lowest BCUT2D eigenvalue weighted by Gasteiger charge is -2.35. The topological polar surface area (TPSA) is 66.5 Å². The van der Waals surface area contributed by atoms with Crippen LogP contribution in [0.4, 0.5) is 10.1 Å². The molecule has 0 aliphatic carbocycles. The van der Waals surface area contributed by atoms with Gasteiger partial charge in [0.2, 0.25) is 15.9 Å². The standard InChI is InChI=1S/C22H17Cl2FN2O3S/c23-16-5-10-19(24)20(12-16)26-22(28)21-11-14-3-1-2-4-15(14)13-27(21)31(29,30)18-8-6-17(25)7-9-18/h1-10,12,21H,11,13H2,(H,26,28). The summed E-state index contributed by atoms with van der Waals surface area (Å²) in [6.45, 7) is 0.0112. The highest BCUT2D eigenvalue weighted by Crippen LogP contribution is 2.31. The molecule has 160 valence electrons. The van der Waals surface area contributed by atoms with Crippen molar-refractivity contribution < 1.29 is 17.6 Å². The van der Waals surface area contributed by atoms with Gasteiger partial charge in [0, 0.05) is 11.6 Å². The number of hydrogen-bond donors (Lipinski definition) is 1. The number of carbonyl (C=O) groups excluding carboxylic acids is 1. The van der Waals surface area contributed by atoms with Gasteiger partial charge in [0.15, 0.2) is 0 Å². The lowest BCUT2D eigenvalue weighted by atomic mass is 9.95. The summed E-state index contributed by atoms with van der Waals surface area (Å²) in [4.78, 5) is 13.1. The van der Waals surface area contributed by atoms with Gasteiger partial charge >= 0.3 is 0 Å². The average molecular weight is 479 g/mol. The number of anilines is 1. The van der Waals surface area contributed by atoms with Crippen molar-refractivity contribution in [2.24, 2.45) is 0 Å². The molecule has 3 aromatic rings. The summed E-state index contributed by atoms with van der Waals surface area (Å²) in [5, 5.41) is 3.35. The maximum absolute atomic E-state index is 13.4. The van der Waals surface area contributed by atoms with Crippen LogP contribution in [0.5, 0.6) is 0 Å². The Balaban J connectivity index is 1.73. The third-order valence-corrected chi connectivity index (χ3v) is 7.55. The summed E-state index contributed by atoms with van der Waals surface area (Å²) in [7, 11) is -4.08. The van der Waals surface area contributed by atoms with E-state index in [9.17, 15) is 17.6 Å². The number of nitrogens with one attached hydrogen (secondary N) is 1. The van der Waals surface area contributed by atoms with Crippen LogP contribution in [0, 0.1) is 5.82 Å². The zero-order chi connectivity index (χ0) is 22.2. The molecule has 0 aromatic heterocycles. The van der Waals surface area contributed by atoms with Crippen LogP contribution in [0.3, 0.4) is 0 Å². The van der Waals surface area contributed by atoms with E-state index in [-0.39, 0.29) is 28.6 Å². The second kappa shape index (κ2) is 8.59. The van der Waals surface area contributed by atoms with Crippen LogP contribution in [-0.2, 0) is 27.8 Å². The van der Waals surface area contributed by atoms with Gasteiger partial charge in [-0.05, 0) is 60.0 Å².